The van der Waals surface area contributed by atoms with Gasteiger partial charge in [-0.15, -0.1) is 0 Å². The topological polar surface area (TPSA) is 178 Å². The van der Waals surface area contributed by atoms with E-state index in [0.717, 1.165) is 66.1 Å². The van der Waals surface area contributed by atoms with Gasteiger partial charge in [0.05, 0.1) is 22.1 Å². The Kier molecular flexibility index (Phi) is 11.8. The molecule has 3 aromatic heterocycles. The van der Waals surface area contributed by atoms with Crippen molar-refractivity contribution < 1.29 is 23.9 Å². The van der Waals surface area contributed by atoms with Crippen LogP contribution in [-0.2, 0) is 14.4 Å². The molecule has 2 aromatic carbocycles. The highest BCUT2D eigenvalue weighted by Crippen LogP contribution is 2.42. The van der Waals surface area contributed by atoms with Crippen molar-refractivity contribution in [2.45, 2.75) is 52.6 Å². The molecule has 318 valence electrons. The van der Waals surface area contributed by atoms with Crippen LogP contribution in [0.5, 0.6) is 5.75 Å². The third-order valence-corrected chi connectivity index (χ3v) is 12.2. The molecule has 0 bridgehead atoms. The lowest BCUT2D eigenvalue weighted by molar-refractivity contribution is -0.137. The van der Waals surface area contributed by atoms with E-state index in [2.05, 4.69) is 36.0 Å². The van der Waals surface area contributed by atoms with E-state index >= 15 is 0 Å². The molecule has 1 spiro atoms. The number of hydrogen-bond donors (Lipinski definition) is 4. The van der Waals surface area contributed by atoms with Crippen molar-refractivity contribution >= 4 is 75.1 Å². The molecule has 3 aliphatic heterocycles. The van der Waals surface area contributed by atoms with Crippen LogP contribution >= 0.6 is 23.2 Å². The van der Waals surface area contributed by atoms with E-state index in [4.69, 9.17) is 32.9 Å². The minimum absolute atomic E-state index is 0.0202. The molecule has 8 rings (SSSR count). The van der Waals surface area contributed by atoms with Crippen LogP contribution in [0.25, 0.3) is 22.2 Å². The monoisotopic (exact) mass is 866 g/mol. The normalized spacial score (nSPS) is 16.9. The number of ether oxygens (including phenoxy) is 1. The molecule has 0 saturated carbocycles. The zero-order chi connectivity index (χ0) is 42.9. The minimum atomic E-state index is -0.446. The highest BCUT2D eigenvalue weighted by molar-refractivity contribution is 6.35. The molecule has 0 aliphatic carbocycles. The van der Waals surface area contributed by atoms with Crippen LogP contribution in [0.3, 0.4) is 0 Å². The average Bonchev–Trinajstić information content (AvgIpc) is 3.65. The van der Waals surface area contributed by atoms with Crippen LogP contribution in [0.4, 0.5) is 22.0 Å². The molecular formula is C44H48Cl2N10O5. The highest BCUT2D eigenvalue weighted by Gasteiger charge is 2.47. The van der Waals surface area contributed by atoms with Gasteiger partial charge in [0.2, 0.25) is 17.7 Å². The van der Waals surface area contributed by atoms with E-state index in [1.807, 2.05) is 62.2 Å². The van der Waals surface area contributed by atoms with Gasteiger partial charge in [-0.25, -0.2) is 9.78 Å². The Bertz CT molecular complexity index is 2430. The number of halogens is 2. The number of carbonyl (C=O) groups is 4. The number of hydrogen-bond acceptors (Lipinski definition) is 10. The largest absolute Gasteiger partial charge is 0.486 e. The van der Waals surface area contributed by atoms with E-state index in [9.17, 15) is 19.2 Å². The quantitative estimate of drug-likeness (QED) is 0.0965. The van der Waals surface area contributed by atoms with Crippen LogP contribution in [0.1, 0.15) is 58.1 Å². The number of benzene rings is 2. The van der Waals surface area contributed by atoms with Gasteiger partial charge in [-0.05, 0) is 79.8 Å². The number of imide groups is 1. The van der Waals surface area contributed by atoms with E-state index in [1.54, 1.807) is 36.7 Å². The van der Waals surface area contributed by atoms with E-state index in [0.29, 0.717) is 53.1 Å². The first-order valence-electron chi connectivity index (χ1n) is 20.4. The maximum Gasteiger partial charge on any atom is 0.328 e. The summed E-state index contributed by atoms with van der Waals surface area (Å²) in [7, 11) is 0. The number of rotatable bonds is 13. The Balaban J connectivity index is 0.800. The Hall–Kier alpha value is -5.93. The standard InChI is InChI=1S/C44H48Cl2N10O5/c1-27(40-33(45)20-47-21-34(40)46)61-31-10-11-35-32(17-31)41(53-52-35)28-5-12-36(49-19-28)55-25-44(26-55)14-4-15-54(24-44)39(59)18-43(2,3)23-50-38(58)22-48-29-6-8-30(9-7-29)56-16-13-37(57)51-42(56)60/h5-12,17,19-21,27,48H,4,13-16,18,22-26H2,1-3H3,(H,50,58)(H,52,53)(H,51,57,60)/t27-/m1/s1. The number of carbonyl (C=O) groups excluding carboxylic acids is 4. The first-order valence-corrected chi connectivity index (χ1v) is 21.2. The highest BCUT2D eigenvalue weighted by atomic mass is 35.5. The molecule has 3 fully saturated rings. The molecule has 5 aromatic rings. The van der Waals surface area contributed by atoms with Gasteiger partial charge in [0, 0.05) is 104 Å². The fourth-order valence-electron chi connectivity index (χ4n) is 8.41. The van der Waals surface area contributed by atoms with E-state index in [1.165, 1.54) is 4.90 Å². The Labute approximate surface area is 363 Å². The third-order valence-electron chi connectivity index (χ3n) is 11.6. The molecule has 61 heavy (non-hydrogen) atoms. The van der Waals surface area contributed by atoms with Crippen molar-refractivity contribution in [3.63, 3.8) is 0 Å². The lowest BCUT2D eigenvalue weighted by Gasteiger charge is -2.55. The minimum Gasteiger partial charge on any atom is -0.486 e. The predicted molar refractivity (Wildman–Crippen MR) is 235 cm³/mol. The summed E-state index contributed by atoms with van der Waals surface area (Å²) < 4.78 is 6.25. The van der Waals surface area contributed by atoms with Crippen LogP contribution in [0.15, 0.2) is 73.2 Å². The number of piperidine rings is 1. The van der Waals surface area contributed by atoms with E-state index in [-0.39, 0.29) is 36.1 Å². The van der Waals surface area contributed by atoms with Crippen molar-refractivity contribution in [3.05, 3.63) is 88.8 Å². The molecule has 6 heterocycles. The fraction of sp³-hybridized carbons (Fsp3) is 0.386. The average molecular weight is 868 g/mol. The van der Waals surface area contributed by atoms with Crippen LogP contribution in [0, 0.1) is 10.8 Å². The molecule has 17 heteroatoms. The zero-order valence-electron chi connectivity index (χ0n) is 34.3. The summed E-state index contributed by atoms with van der Waals surface area (Å²) in [4.78, 5) is 64.6. The molecule has 5 amide bonds. The summed E-state index contributed by atoms with van der Waals surface area (Å²) in [5.41, 5.74) is 4.14. The second kappa shape index (κ2) is 17.2. The Morgan fingerprint density at radius 2 is 1.75 bits per heavy atom. The van der Waals surface area contributed by atoms with Gasteiger partial charge in [0.15, 0.2) is 0 Å². The first kappa shape index (κ1) is 41.8. The molecule has 3 aliphatic rings. The maximum atomic E-state index is 13.6. The number of pyridine rings is 2. The van der Waals surface area contributed by atoms with Gasteiger partial charge in [-0.2, -0.15) is 5.10 Å². The van der Waals surface area contributed by atoms with Gasteiger partial charge < -0.3 is 25.2 Å². The molecule has 4 N–H and O–H groups in total. The van der Waals surface area contributed by atoms with E-state index < -0.39 is 17.6 Å². The lowest BCUT2D eigenvalue weighted by atomic mass is 9.73. The van der Waals surface area contributed by atoms with Gasteiger partial charge in [0.25, 0.3) is 0 Å². The van der Waals surface area contributed by atoms with Crippen molar-refractivity contribution in [2.24, 2.45) is 10.8 Å². The SMILES string of the molecule is C[C@@H](Oc1ccc2[nH]nc(-c3ccc(N4CC5(CCCN(C(=O)CC(C)(C)CNC(=O)CNc6ccc(N7CCC(=O)NC7=O)cc6)C5)C4)nc3)c2c1)c1c(Cl)cncc1Cl. The fourth-order valence-corrected chi connectivity index (χ4v) is 9.08. The number of urea groups is 1. The Morgan fingerprint density at radius 3 is 2.48 bits per heavy atom. The molecule has 3 saturated heterocycles. The Morgan fingerprint density at radius 1 is 0.984 bits per heavy atom. The molecule has 15 nitrogen and oxygen atoms in total. The van der Waals surface area contributed by atoms with Gasteiger partial charge in [-0.3, -0.25) is 34.7 Å². The van der Waals surface area contributed by atoms with Crippen molar-refractivity contribution in [1.82, 2.24) is 35.7 Å². The summed E-state index contributed by atoms with van der Waals surface area (Å²) >= 11 is 12.7. The number of likely N-dealkylation sites (tertiary alicyclic amines) is 1. The van der Waals surface area contributed by atoms with Gasteiger partial charge >= 0.3 is 6.03 Å². The number of fused-ring (bicyclic) bond motifs is 1. The zero-order valence-corrected chi connectivity index (χ0v) is 35.8. The molecule has 0 radical (unpaired) electrons. The number of nitrogens with one attached hydrogen (secondary N) is 4. The number of amides is 5. The van der Waals surface area contributed by atoms with Crippen molar-refractivity contribution in [3.8, 4) is 17.0 Å². The lowest BCUT2D eigenvalue weighted by Crippen LogP contribution is -2.64. The van der Waals surface area contributed by atoms with Gasteiger partial charge in [0.1, 0.15) is 23.4 Å². The van der Waals surface area contributed by atoms with Gasteiger partial charge in [-0.1, -0.05) is 37.0 Å². The summed E-state index contributed by atoms with van der Waals surface area (Å²) in [6.45, 7) is 9.69. The summed E-state index contributed by atoms with van der Waals surface area (Å²) in [6, 6.07) is 16.5. The van der Waals surface area contributed by atoms with Crippen LogP contribution < -0.4 is 30.5 Å². The summed E-state index contributed by atoms with van der Waals surface area (Å²) in [6.07, 6.45) is 7.11. The third kappa shape index (κ3) is 9.37. The molecule has 0 unspecified atom stereocenters. The number of aromatic nitrogens is 4. The second-order valence-corrected chi connectivity index (χ2v) is 17.8. The van der Waals surface area contributed by atoms with Crippen LogP contribution in [-0.4, -0.2) is 94.6 Å². The second-order valence-electron chi connectivity index (χ2n) is 17.0. The first-order chi connectivity index (χ1) is 29.2. The smallest absolute Gasteiger partial charge is 0.328 e. The molecule has 1 atom stereocenters. The number of aromatic amines is 1. The summed E-state index contributed by atoms with van der Waals surface area (Å²) in [5, 5.41) is 17.9. The summed E-state index contributed by atoms with van der Waals surface area (Å²) in [5.74, 6) is 1.16. The van der Waals surface area contributed by atoms with Crippen molar-refractivity contribution in [2.75, 3.05) is 60.9 Å². The number of H-pyrrole nitrogens is 1. The maximum absolute atomic E-state index is 13.6. The number of nitrogens with zero attached hydrogens (tertiary/aromatic N) is 6. The number of anilines is 3. The molecular weight excluding hydrogens is 819 g/mol. The van der Waals surface area contributed by atoms with Crippen LogP contribution in [0.2, 0.25) is 10.0 Å². The predicted octanol–water partition coefficient (Wildman–Crippen LogP) is 6.99. The van der Waals surface area contributed by atoms with Crippen molar-refractivity contribution in [1.29, 1.82) is 0 Å².